The molecule has 0 bridgehead atoms. The summed E-state index contributed by atoms with van der Waals surface area (Å²) >= 11 is 0. The molecule has 0 saturated carbocycles. The summed E-state index contributed by atoms with van der Waals surface area (Å²) in [5, 5.41) is 9.79. The van der Waals surface area contributed by atoms with Crippen LogP contribution in [0.2, 0.25) is 0 Å². The Morgan fingerprint density at radius 3 is 1.94 bits per heavy atom. The van der Waals surface area contributed by atoms with Gasteiger partial charge in [0.2, 0.25) is 0 Å². The van der Waals surface area contributed by atoms with Crippen LogP contribution in [0.3, 0.4) is 0 Å². The Morgan fingerprint density at radius 2 is 1.39 bits per heavy atom. The molecule has 4 heteroatoms. The predicted molar refractivity (Wildman–Crippen MR) is 129 cm³/mol. The summed E-state index contributed by atoms with van der Waals surface area (Å²) in [7, 11) is 0. The average Bonchev–Trinajstić information content (AvgIpc) is 2.86. The first-order valence-corrected chi connectivity index (χ1v) is 10.4. The van der Waals surface area contributed by atoms with Crippen molar-refractivity contribution in [3.8, 4) is 0 Å². The number of hydrogen-bond donors (Lipinski definition) is 1. The van der Waals surface area contributed by atoms with Crippen LogP contribution >= 0.6 is 0 Å². The molecule has 0 fully saturated rings. The quantitative estimate of drug-likeness (QED) is 0.119. The van der Waals surface area contributed by atoms with E-state index in [1.54, 1.807) is 36.4 Å². The summed E-state index contributed by atoms with van der Waals surface area (Å²) in [6, 6.07) is 35.2. The molecule has 0 unspecified atom stereocenters. The van der Waals surface area contributed by atoms with Gasteiger partial charge in [0, 0.05) is 54.6 Å². The molecule has 169 valence electrons. The zero-order valence-corrected chi connectivity index (χ0v) is 21.0. The molecule has 3 nitrogen and oxygen atoms in total. The molecule has 33 heavy (non-hydrogen) atoms. The van der Waals surface area contributed by atoms with Crippen LogP contribution in [0.25, 0.3) is 5.76 Å². The first-order chi connectivity index (χ1) is 15.5. The summed E-state index contributed by atoms with van der Waals surface area (Å²) in [5.41, 5.74) is 3.37. The molecule has 1 heterocycles. The van der Waals surface area contributed by atoms with Crippen LogP contribution < -0.4 is 0 Å². The van der Waals surface area contributed by atoms with E-state index in [1.807, 2.05) is 60.8 Å². The zero-order valence-electron chi connectivity index (χ0n) is 18.6. The van der Waals surface area contributed by atoms with Gasteiger partial charge in [0.05, 0.1) is 0 Å². The monoisotopic (exact) mass is 613 g/mol. The number of ketones is 1. The molecule has 1 N–H and O–H groups in total. The Bertz CT molecular complexity index is 1100. The van der Waals surface area contributed by atoms with Crippen molar-refractivity contribution in [1.82, 2.24) is 4.98 Å². The van der Waals surface area contributed by atoms with E-state index in [0.717, 1.165) is 5.69 Å². The number of aliphatic hydroxyl groups is 1. The van der Waals surface area contributed by atoms with E-state index in [9.17, 15) is 9.90 Å². The molecule has 4 aromatic rings. The summed E-state index contributed by atoms with van der Waals surface area (Å²) < 4.78 is 0. The minimum absolute atomic E-state index is 0. The Hall–Kier alpha value is -3.33. The summed E-state index contributed by atoms with van der Waals surface area (Å²) in [5.74, 6) is -0.216. The summed E-state index contributed by atoms with van der Waals surface area (Å²) in [4.78, 5) is 16.2. The van der Waals surface area contributed by atoms with Gasteiger partial charge in [-0.05, 0) is 12.1 Å². The number of pyridine rings is 1. The predicted octanol–water partition coefficient (Wildman–Crippen LogP) is 6.67. The van der Waals surface area contributed by atoms with Crippen LogP contribution in [0.1, 0.15) is 41.0 Å². The van der Waals surface area contributed by atoms with Crippen molar-refractivity contribution >= 4 is 11.5 Å². The number of benzene rings is 3. The van der Waals surface area contributed by atoms with Gasteiger partial charge in [-0.2, -0.15) is 35.9 Å². The molecule has 1 radical (unpaired) electrons. The maximum Gasteiger partial charge on any atom is 0.189 e. The van der Waals surface area contributed by atoms with Gasteiger partial charge in [-0.25, -0.2) is 0 Å². The molecule has 3 aromatic carbocycles. The molecule has 0 atom stereocenters. The molecule has 0 aliphatic heterocycles. The van der Waals surface area contributed by atoms with Crippen molar-refractivity contribution < 1.29 is 30.0 Å². The molecule has 0 aliphatic carbocycles. The molecule has 0 spiro atoms. The van der Waals surface area contributed by atoms with E-state index in [-0.39, 0.29) is 37.1 Å². The summed E-state index contributed by atoms with van der Waals surface area (Å²) in [6.45, 7) is 4.34. The second kappa shape index (κ2) is 12.6. The van der Waals surface area contributed by atoms with E-state index < -0.39 is 0 Å². The minimum Gasteiger partial charge on any atom is -0.507 e. The largest absolute Gasteiger partial charge is 0.507 e. The van der Waals surface area contributed by atoms with Crippen LogP contribution in [0.5, 0.6) is 0 Å². The molecule has 4 rings (SSSR count). The second-order valence-corrected chi connectivity index (χ2v) is 7.74. The maximum absolute atomic E-state index is 11.8. The number of allylic oxidation sites excluding steroid dienone is 1. The van der Waals surface area contributed by atoms with E-state index >= 15 is 0 Å². The van der Waals surface area contributed by atoms with E-state index in [2.05, 4.69) is 37.0 Å². The number of nitrogens with zero attached hydrogens (tertiary/aromatic N) is 1. The molecular weight excluding hydrogens is 587 g/mol. The fraction of sp³-hybridized carbons (Fsp3) is 0.103. The fourth-order valence-corrected chi connectivity index (χ4v) is 3.15. The Labute approximate surface area is 209 Å². The van der Waals surface area contributed by atoms with Gasteiger partial charge in [0.25, 0.3) is 0 Å². The van der Waals surface area contributed by atoms with Crippen molar-refractivity contribution in [2.75, 3.05) is 0 Å². The van der Waals surface area contributed by atoms with E-state index in [4.69, 9.17) is 0 Å². The number of hydrogen-bond acceptors (Lipinski definition) is 3. The number of carbonyl (C=O) groups is 1. The SMILES string of the molecule is CC(C)(c1[c-]cccc1)c1ccccn1.O=C(/C=C(\O)c1ccccc1)c1ccccc1.[Ir]. The van der Waals surface area contributed by atoms with Crippen LogP contribution in [0.15, 0.2) is 115 Å². The van der Waals surface area contributed by atoms with Crippen molar-refractivity contribution in [2.24, 2.45) is 0 Å². The molecule has 0 saturated heterocycles. The Kier molecular flexibility index (Phi) is 9.93. The van der Waals surface area contributed by atoms with Crippen molar-refractivity contribution in [2.45, 2.75) is 19.3 Å². The minimum atomic E-state index is -0.202. The number of aliphatic hydroxyl groups excluding tert-OH is 1. The van der Waals surface area contributed by atoms with Gasteiger partial charge in [0.15, 0.2) is 5.78 Å². The van der Waals surface area contributed by atoms with Crippen molar-refractivity contribution in [1.29, 1.82) is 0 Å². The Morgan fingerprint density at radius 1 is 0.818 bits per heavy atom. The third-order valence-electron chi connectivity index (χ3n) is 5.08. The van der Waals surface area contributed by atoms with E-state index in [0.29, 0.717) is 11.1 Å². The second-order valence-electron chi connectivity index (χ2n) is 7.74. The number of carbonyl (C=O) groups excluding carboxylic acids is 1. The van der Waals surface area contributed by atoms with Crippen molar-refractivity contribution in [3.63, 3.8) is 0 Å². The average molecular weight is 613 g/mol. The smallest absolute Gasteiger partial charge is 0.189 e. The molecule has 0 amide bonds. The van der Waals surface area contributed by atoms with Gasteiger partial charge in [0.1, 0.15) is 5.76 Å². The van der Waals surface area contributed by atoms with Gasteiger partial charge >= 0.3 is 0 Å². The normalized spacial score (nSPS) is 10.9. The number of rotatable bonds is 5. The van der Waals surface area contributed by atoms with Gasteiger partial charge in [-0.15, -0.1) is 0 Å². The first kappa shape index (κ1) is 25.9. The number of aromatic nitrogens is 1. The Balaban J connectivity index is 0.000000228. The first-order valence-electron chi connectivity index (χ1n) is 10.4. The van der Waals surface area contributed by atoms with Gasteiger partial charge in [-0.3, -0.25) is 9.78 Å². The van der Waals surface area contributed by atoms with Crippen LogP contribution in [0, 0.1) is 6.07 Å². The molecule has 0 aliphatic rings. The molecular formula is C29H26IrNO2-. The van der Waals surface area contributed by atoms with Gasteiger partial charge < -0.3 is 5.11 Å². The summed E-state index contributed by atoms with van der Waals surface area (Å²) in [6.07, 6.45) is 3.07. The topological polar surface area (TPSA) is 50.2 Å². The van der Waals surface area contributed by atoms with Crippen LogP contribution in [-0.2, 0) is 25.5 Å². The van der Waals surface area contributed by atoms with Crippen molar-refractivity contribution in [3.05, 3.63) is 144 Å². The molecule has 1 aromatic heterocycles. The third-order valence-corrected chi connectivity index (χ3v) is 5.08. The standard InChI is InChI=1S/C15H12O2.C14H14N.Ir/c16-14(12-7-3-1-4-8-12)11-15(17)13-9-5-2-6-10-13;1-14(2,12-8-4-3-5-9-12)13-10-6-7-11-15-13;/h1-11,16H;3-8,10-11H,1-2H3;/q;-1;/b14-11-;;. The third kappa shape index (κ3) is 7.35. The van der Waals surface area contributed by atoms with Crippen LogP contribution in [-0.4, -0.2) is 15.9 Å². The fourth-order valence-electron chi connectivity index (χ4n) is 3.15. The van der Waals surface area contributed by atoms with Crippen LogP contribution in [0.4, 0.5) is 0 Å². The van der Waals surface area contributed by atoms with Gasteiger partial charge in [-0.1, -0.05) is 80.6 Å². The maximum atomic E-state index is 11.8. The van der Waals surface area contributed by atoms with E-state index in [1.165, 1.54) is 11.6 Å². The zero-order chi connectivity index (χ0) is 22.8.